The van der Waals surface area contributed by atoms with Crippen LogP contribution < -0.4 is 9.47 Å². The molecule has 0 bridgehead atoms. The van der Waals surface area contributed by atoms with Crippen molar-refractivity contribution in [2.75, 3.05) is 6.61 Å². The van der Waals surface area contributed by atoms with Crippen molar-refractivity contribution in [2.45, 2.75) is 33.6 Å². The highest BCUT2D eigenvalue weighted by Gasteiger charge is 2.30. The maximum atomic E-state index is 12.7. The Kier molecular flexibility index (Phi) is 4.99. The fourth-order valence-electron chi connectivity index (χ4n) is 2.90. The first-order valence-corrected chi connectivity index (χ1v) is 8.81. The zero-order valence-electron chi connectivity index (χ0n) is 15.8. The first-order valence-electron chi connectivity index (χ1n) is 8.81. The summed E-state index contributed by atoms with van der Waals surface area (Å²) >= 11 is 0. The van der Waals surface area contributed by atoms with Gasteiger partial charge in [0.2, 0.25) is 5.78 Å². The Hall–Kier alpha value is -2.81. The van der Waals surface area contributed by atoms with Crippen molar-refractivity contribution < 1.29 is 14.3 Å². The van der Waals surface area contributed by atoms with Crippen molar-refractivity contribution in [1.29, 1.82) is 0 Å². The zero-order chi connectivity index (χ0) is 18.8. The van der Waals surface area contributed by atoms with Gasteiger partial charge in [0, 0.05) is 6.07 Å². The molecule has 0 saturated carbocycles. The van der Waals surface area contributed by atoms with Crippen LogP contribution in [0.1, 0.15) is 53.7 Å². The van der Waals surface area contributed by atoms with Crippen LogP contribution in [0.4, 0.5) is 0 Å². The predicted molar refractivity (Wildman–Crippen MR) is 105 cm³/mol. The molecule has 26 heavy (non-hydrogen) atoms. The lowest BCUT2D eigenvalue weighted by Crippen LogP contribution is -2.00. The molecular weight excluding hydrogens is 324 g/mol. The van der Waals surface area contributed by atoms with Gasteiger partial charge in [0.15, 0.2) is 5.76 Å². The number of rotatable bonds is 5. The molecule has 3 rings (SSSR count). The van der Waals surface area contributed by atoms with Gasteiger partial charge in [-0.1, -0.05) is 44.7 Å². The Balaban J connectivity index is 1.86. The number of hydrogen-bond acceptors (Lipinski definition) is 3. The number of ether oxygens (including phenoxy) is 2. The van der Waals surface area contributed by atoms with Crippen molar-refractivity contribution in [3.63, 3.8) is 0 Å². The normalized spacial score (nSPS) is 14.5. The van der Waals surface area contributed by atoms with Crippen LogP contribution in [0.5, 0.6) is 11.5 Å². The minimum absolute atomic E-state index is 0.0862. The molecule has 0 amide bonds. The highest BCUT2D eigenvalue weighted by Crippen LogP contribution is 2.37. The Morgan fingerprint density at radius 2 is 1.92 bits per heavy atom. The third-order valence-electron chi connectivity index (χ3n) is 4.33. The van der Waals surface area contributed by atoms with Gasteiger partial charge in [0.25, 0.3) is 0 Å². The molecule has 0 spiro atoms. The van der Waals surface area contributed by atoms with Crippen LogP contribution in [0.25, 0.3) is 6.08 Å². The minimum Gasteiger partial charge on any atom is -0.489 e. The highest BCUT2D eigenvalue weighted by atomic mass is 16.5. The number of ketones is 1. The Bertz CT molecular complexity index is 886. The van der Waals surface area contributed by atoms with Gasteiger partial charge >= 0.3 is 0 Å². The average molecular weight is 348 g/mol. The summed E-state index contributed by atoms with van der Waals surface area (Å²) in [5.41, 5.74) is 4.61. The zero-order valence-corrected chi connectivity index (χ0v) is 15.8. The molecule has 0 unspecified atom stereocenters. The van der Waals surface area contributed by atoms with E-state index in [2.05, 4.69) is 32.6 Å². The van der Waals surface area contributed by atoms with Gasteiger partial charge < -0.3 is 9.47 Å². The molecule has 1 heterocycles. The summed E-state index contributed by atoms with van der Waals surface area (Å²) in [7, 11) is 0. The summed E-state index contributed by atoms with van der Waals surface area (Å²) in [5.74, 6) is 1.97. The summed E-state index contributed by atoms with van der Waals surface area (Å²) in [5, 5.41) is 0. The highest BCUT2D eigenvalue weighted by molar-refractivity contribution is 6.15. The number of carbonyl (C=O) groups excluding carboxylic acids is 1. The van der Waals surface area contributed by atoms with Crippen LogP contribution in [-0.2, 0) is 0 Å². The van der Waals surface area contributed by atoms with Crippen LogP contribution in [-0.4, -0.2) is 12.4 Å². The van der Waals surface area contributed by atoms with Gasteiger partial charge in [-0.15, -0.1) is 0 Å². The second-order valence-corrected chi connectivity index (χ2v) is 7.12. The average Bonchev–Trinajstić information content (AvgIpc) is 2.89. The van der Waals surface area contributed by atoms with E-state index in [1.54, 1.807) is 12.1 Å². The van der Waals surface area contributed by atoms with E-state index in [-0.39, 0.29) is 5.78 Å². The lowest BCUT2D eigenvalue weighted by atomic mass is 10.0. The quantitative estimate of drug-likeness (QED) is 0.514. The molecule has 0 atom stereocenters. The largest absolute Gasteiger partial charge is 0.489 e. The fourth-order valence-corrected chi connectivity index (χ4v) is 2.90. The van der Waals surface area contributed by atoms with Gasteiger partial charge in [0.1, 0.15) is 18.1 Å². The Labute approximate surface area is 155 Å². The number of aryl methyl sites for hydroxylation is 1. The second-order valence-electron chi connectivity index (χ2n) is 7.12. The van der Waals surface area contributed by atoms with Crippen molar-refractivity contribution in [1.82, 2.24) is 0 Å². The lowest BCUT2D eigenvalue weighted by Gasteiger charge is -2.08. The van der Waals surface area contributed by atoms with Crippen molar-refractivity contribution in [3.05, 3.63) is 76.6 Å². The number of fused-ring (bicyclic) bond motifs is 1. The molecule has 0 fully saturated rings. The molecule has 0 aliphatic carbocycles. The first-order chi connectivity index (χ1) is 12.3. The molecule has 1 aliphatic rings. The van der Waals surface area contributed by atoms with Crippen molar-refractivity contribution in [2.24, 2.45) is 0 Å². The Morgan fingerprint density at radius 3 is 2.54 bits per heavy atom. The van der Waals surface area contributed by atoms with Gasteiger partial charge in [-0.3, -0.25) is 4.79 Å². The predicted octanol–water partition coefficient (Wildman–Crippen LogP) is 5.69. The van der Waals surface area contributed by atoms with Gasteiger partial charge in [-0.25, -0.2) is 0 Å². The van der Waals surface area contributed by atoms with Crippen LogP contribution in [0.3, 0.4) is 0 Å². The van der Waals surface area contributed by atoms with E-state index in [1.807, 2.05) is 32.0 Å². The molecule has 0 radical (unpaired) electrons. The van der Waals surface area contributed by atoms with Gasteiger partial charge in [-0.2, -0.15) is 0 Å². The van der Waals surface area contributed by atoms with Crippen LogP contribution in [0, 0.1) is 6.92 Å². The molecule has 2 aromatic rings. The van der Waals surface area contributed by atoms with E-state index in [0.29, 0.717) is 35.3 Å². The maximum Gasteiger partial charge on any atom is 0.232 e. The summed E-state index contributed by atoms with van der Waals surface area (Å²) in [4.78, 5) is 12.7. The number of Topliss-reactive ketones (excluding diaryl/α,β-unsaturated/α-hetero) is 1. The molecule has 134 valence electrons. The summed E-state index contributed by atoms with van der Waals surface area (Å²) in [6, 6.07) is 11.8. The molecule has 0 aromatic heterocycles. The smallest absolute Gasteiger partial charge is 0.232 e. The van der Waals surface area contributed by atoms with Crippen LogP contribution >= 0.6 is 0 Å². The van der Waals surface area contributed by atoms with E-state index in [4.69, 9.17) is 9.47 Å². The SMILES string of the molecule is C=C(C)COc1cc(C)c2c(c1)O/C(=C\c1ccc(C(C)C)cc1)C2=O. The second kappa shape index (κ2) is 7.20. The fraction of sp³-hybridized carbons (Fsp3) is 0.261. The summed E-state index contributed by atoms with van der Waals surface area (Å²) < 4.78 is 11.5. The van der Waals surface area contributed by atoms with Crippen LogP contribution in [0.2, 0.25) is 0 Å². The molecule has 2 aromatic carbocycles. The maximum absolute atomic E-state index is 12.7. The first kappa shape index (κ1) is 18.0. The number of allylic oxidation sites excluding steroid dienone is 1. The Morgan fingerprint density at radius 1 is 1.23 bits per heavy atom. The molecular formula is C23H24O3. The van der Waals surface area contributed by atoms with E-state index >= 15 is 0 Å². The molecule has 1 aliphatic heterocycles. The van der Waals surface area contributed by atoms with E-state index in [9.17, 15) is 4.79 Å². The summed E-state index contributed by atoms with van der Waals surface area (Å²) in [6.45, 7) is 12.4. The van der Waals surface area contributed by atoms with E-state index < -0.39 is 0 Å². The van der Waals surface area contributed by atoms with Crippen molar-refractivity contribution >= 4 is 11.9 Å². The van der Waals surface area contributed by atoms with E-state index in [0.717, 1.165) is 16.7 Å². The topological polar surface area (TPSA) is 35.5 Å². The number of benzene rings is 2. The van der Waals surface area contributed by atoms with Gasteiger partial charge in [-0.05, 0) is 54.2 Å². The molecule has 0 N–H and O–H groups in total. The number of carbonyl (C=O) groups is 1. The third kappa shape index (κ3) is 3.72. The summed E-state index contributed by atoms with van der Waals surface area (Å²) in [6.07, 6.45) is 1.79. The standard InChI is InChI=1S/C23H24O3/c1-14(2)13-25-19-10-16(5)22-20(12-19)26-21(23(22)24)11-17-6-8-18(9-7-17)15(3)4/h6-12,15H,1,13H2,2-5H3/b21-11-. The van der Waals surface area contributed by atoms with Crippen LogP contribution in [0.15, 0.2) is 54.3 Å². The minimum atomic E-state index is -0.0862. The third-order valence-corrected chi connectivity index (χ3v) is 4.33. The van der Waals surface area contributed by atoms with E-state index in [1.165, 1.54) is 5.56 Å². The van der Waals surface area contributed by atoms with Gasteiger partial charge in [0.05, 0.1) is 5.56 Å². The van der Waals surface area contributed by atoms with Crippen molar-refractivity contribution in [3.8, 4) is 11.5 Å². The number of hydrogen-bond donors (Lipinski definition) is 0. The molecule has 3 nitrogen and oxygen atoms in total. The molecule has 3 heteroatoms. The lowest BCUT2D eigenvalue weighted by molar-refractivity contribution is 0.101. The molecule has 0 saturated heterocycles. The monoisotopic (exact) mass is 348 g/mol.